The molecule has 8 nitrogen and oxygen atoms in total. The van der Waals surface area contributed by atoms with E-state index in [-0.39, 0.29) is 11.8 Å². The highest BCUT2D eigenvalue weighted by atomic mass is 32.1. The summed E-state index contributed by atoms with van der Waals surface area (Å²) in [6.07, 6.45) is 1.79. The number of thiazole rings is 1. The van der Waals surface area contributed by atoms with Crippen molar-refractivity contribution in [3.05, 3.63) is 40.5 Å². The smallest absolute Gasteiger partial charge is 0.300 e. The van der Waals surface area contributed by atoms with Crippen LogP contribution in [0.25, 0.3) is 10.2 Å². The number of aromatic nitrogens is 3. The van der Waals surface area contributed by atoms with Crippen molar-refractivity contribution in [3.63, 3.8) is 0 Å². The van der Waals surface area contributed by atoms with Crippen molar-refractivity contribution in [2.24, 2.45) is 12.0 Å². The first-order valence-corrected chi connectivity index (χ1v) is 9.78. The topological polar surface area (TPSA) is 90.5 Å². The first kappa shape index (κ1) is 20.0. The molecule has 2 amide bonds. The van der Waals surface area contributed by atoms with Gasteiger partial charge in [-0.05, 0) is 32.0 Å². The summed E-state index contributed by atoms with van der Waals surface area (Å²) in [4.78, 5) is 28.9. The first-order chi connectivity index (χ1) is 13.4. The van der Waals surface area contributed by atoms with Crippen molar-refractivity contribution in [1.29, 1.82) is 0 Å². The molecule has 1 N–H and O–H groups in total. The number of nitrogens with one attached hydrogen (secondary N) is 1. The summed E-state index contributed by atoms with van der Waals surface area (Å²) in [5, 5.41) is 6.99. The average molecular weight is 401 g/mol. The van der Waals surface area contributed by atoms with E-state index < -0.39 is 0 Å². The Balaban J connectivity index is 2.07. The van der Waals surface area contributed by atoms with E-state index in [2.05, 4.69) is 15.4 Å². The zero-order valence-corrected chi connectivity index (χ0v) is 17.2. The van der Waals surface area contributed by atoms with Crippen LogP contribution in [0.15, 0.2) is 29.4 Å². The summed E-state index contributed by atoms with van der Waals surface area (Å²) in [6.45, 7) is 6.95. The number of aryl methyl sites for hydroxylation is 2. The molecule has 0 radical (unpaired) electrons. The Morgan fingerprint density at radius 1 is 1.36 bits per heavy atom. The average Bonchev–Trinajstić information content (AvgIpc) is 3.13. The van der Waals surface area contributed by atoms with Gasteiger partial charge in [-0.1, -0.05) is 11.3 Å². The van der Waals surface area contributed by atoms with Gasteiger partial charge in [0.2, 0.25) is 5.91 Å². The van der Waals surface area contributed by atoms with Crippen molar-refractivity contribution in [2.75, 3.05) is 18.5 Å². The Labute approximate surface area is 166 Å². The molecule has 0 aliphatic heterocycles. The van der Waals surface area contributed by atoms with E-state index >= 15 is 0 Å². The molecule has 0 unspecified atom stereocenters. The molecule has 0 saturated carbocycles. The van der Waals surface area contributed by atoms with Crippen molar-refractivity contribution >= 4 is 39.1 Å². The molecule has 2 aromatic heterocycles. The third-order valence-corrected chi connectivity index (χ3v) is 5.12. The Morgan fingerprint density at radius 3 is 2.79 bits per heavy atom. The van der Waals surface area contributed by atoms with Crippen LogP contribution in [0, 0.1) is 6.92 Å². The number of fused-ring (bicyclic) bond motifs is 1. The molecular weight excluding hydrogens is 378 g/mol. The molecular formula is C19H23N5O3S. The number of hydrogen-bond acceptors (Lipinski definition) is 5. The highest BCUT2D eigenvalue weighted by molar-refractivity contribution is 7.16. The van der Waals surface area contributed by atoms with E-state index in [1.54, 1.807) is 17.9 Å². The van der Waals surface area contributed by atoms with Gasteiger partial charge < -0.3 is 14.6 Å². The predicted octanol–water partition coefficient (Wildman–Crippen LogP) is 2.48. The molecule has 1 aromatic carbocycles. The van der Waals surface area contributed by atoms with E-state index in [1.165, 1.54) is 18.3 Å². The van der Waals surface area contributed by atoms with E-state index in [4.69, 9.17) is 4.74 Å². The van der Waals surface area contributed by atoms with Gasteiger partial charge in [-0.3, -0.25) is 14.3 Å². The largest absolute Gasteiger partial charge is 0.380 e. The van der Waals surface area contributed by atoms with Gasteiger partial charge in [-0.25, -0.2) is 0 Å². The van der Waals surface area contributed by atoms with Gasteiger partial charge in [0.05, 0.1) is 16.8 Å². The Bertz CT molecular complexity index is 1090. The number of carbonyl (C=O) groups excluding carboxylic acids is 2. The number of ether oxygens (including phenoxy) is 1. The van der Waals surface area contributed by atoms with Crippen molar-refractivity contribution in [1.82, 2.24) is 14.3 Å². The third kappa shape index (κ3) is 4.37. The van der Waals surface area contributed by atoms with Gasteiger partial charge in [0.1, 0.15) is 0 Å². The van der Waals surface area contributed by atoms with Crippen LogP contribution in [-0.4, -0.2) is 39.4 Å². The van der Waals surface area contributed by atoms with Crippen LogP contribution < -0.4 is 10.1 Å². The summed E-state index contributed by atoms with van der Waals surface area (Å²) in [5.41, 5.74) is 2.76. The number of benzene rings is 1. The molecule has 9 heteroatoms. The fourth-order valence-corrected chi connectivity index (χ4v) is 4.01. The minimum absolute atomic E-state index is 0.133. The van der Waals surface area contributed by atoms with Gasteiger partial charge in [0.15, 0.2) is 10.5 Å². The summed E-state index contributed by atoms with van der Waals surface area (Å²) >= 11 is 1.39. The lowest BCUT2D eigenvalue weighted by molar-refractivity contribution is -0.114. The summed E-state index contributed by atoms with van der Waals surface area (Å²) in [5.74, 6) is -0.511. The molecule has 0 spiro atoms. The van der Waals surface area contributed by atoms with Crippen molar-refractivity contribution in [2.45, 2.75) is 27.3 Å². The fourth-order valence-electron chi connectivity index (χ4n) is 2.91. The summed E-state index contributed by atoms with van der Waals surface area (Å²) < 4.78 is 9.97. The standard InChI is InChI=1S/C19H23N5O3S/c1-5-27-9-8-24-15-7-6-14(20-13(3)25)10-16(15)28-19(24)21-18(26)17-12(2)11-23(4)22-17/h6-7,10-11H,5,8-9H2,1-4H3,(H,20,25). The lowest BCUT2D eigenvalue weighted by atomic mass is 10.3. The predicted molar refractivity (Wildman–Crippen MR) is 108 cm³/mol. The van der Waals surface area contributed by atoms with Crippen LogP contribution in [0.3, 0.4) is 0 Å². The molecule has 148 valence electrons. The number of amides is 2. The quantitative estimate of drug-likeness (QED) is 0.643. The second-order valence-electron chi connectivity index (χ2n) is 6.35. The van der Waals surface area contributed by atoms with Crippen LogP contribution in [0.4, 0.5) is 5.69 Å². The van der Waals surface area contributed by atoms with E-state index in [0.717, 1.165) is 15.8 Å². The Hall–Kier alpha value is -2.78. The molecule has 2 heterocycles. The van der Waals surface area contributed by atoms with E-state index in [9.17, 15) is 9.59 Å². The Kier molecular flexibility index (Phi) is 6.05. The molecule has 0 atom stereocenters. The molecule has 0 fully saturated rings. The maximum absolute atomic E-state index is 12.7. The van der Waals surface area contributed by atoms with Gasteiger partial charge in [-0.2, -0.15) is 10.1 Å². The number of nitrogens with zero attached hydrogens (tertiary/aromatic N) is 4. The van der Waals surface area contributed by atoms with Gasteiger partial charge in [-0.15, -0.1) is 0 Å². The third-order valence-electron chi connectivity index (χ3n) is 4.08. The molecule has 3 rings (SSSR count). The minimum atomic E-state index is -0.378. The second-order valence-corrected chi connectivity index (χ2v) is 7.36. The molecule has 0 bridgehead atoms. The maximum atomic E-state index is 12.7. The minimum Gasteiger partial charge on any atom is -0.380 e. The molecule has 0 aliphatic carbocycles. The van der Waals surface area contributed by atoms with Gasteiger partial charge >= 0.3 is 0 Å². The van der Waals surface area contributed by atoms with Crippen LogP contribution in [0.5, 0.6) is 0 Å². The zero-order chi connectivity index (χ0) is 20.3. The molecule has 28 heavy (non-hydrogen) atoms. The Morgan fingerprint density at radius 2 is 2.14 bits per heavy atom. The number of hydrogen-bond donors (Lipinski definition) is 1. The molecule has 0 aliphatic rings. The number of carbonyl (C=O) groups is 2. The van der Waals surface area contributed by atoms with Crippen LogP contribution in [-0.2, 0) is 23.1 Å². The monoisotopic (exact) mass is 401 g/mol. The highest BCUT2D eigenvalue weighted by Gasteiger charge is 2.14. The lowest BCUT2D eigenvalue weighted by Crippen LogP contribution is -2.20. The van der Waals surface area contributed by atoms with Crippen LogP contribution >= 0.6 is 11.3 Å². The second kappa shape index (κ2) is 8.49. The SMILES string of the molecule is CCOCCn1c(=NC(=O)c2nn(C)cc2C)sc2cc(NC(C)=O)ccc21. The summed E-state index contributed by atoms with van der Waals surface area (Å²) in [7, 11) is 1.77. The first-order valence-electron chi connectivity index (χ1n) is 8.97. The highest BCUT2D eigenvalue weighted by Crippen LogP contribution is 2.22. The lowest BCUT2D eigenvalue weighted by Gasteiger charge is -2.06. The molecule has 3 aromatic rings. The maximum Gasteiger partial charge on any atom is 0.300 e. The van der Waals surface area contributed by atoms with Crippen molar-refractivity contribution < 1.29 is 14.3 Å². The number of anilines is 1. The van der Waals surface area contributed by atoms with Crippen LogP contribution in [0.1, 0.15) is 29.9 Å². The zero-order valence-electron chi connectivity index (χ0n) is 16.4. The fraction of sp³-hybridized carbons (Fsp3) is 0.368. The normalized spacial score (nSPS) is 11.9. The van der Waals surface area contributed by atoms with Crippen LogP contribution in [0.2, 0.25) is 0 Å². The number of rotatable bonds is 6. The van der Waals surface area contributed by atoms with Crippen molar-refractivity contribution in [3.8, 4) is 0 Å². The van der Waals surface area contributed by atoms with Gasteiger partial charge in [0, 0.05) is 44.6 Å². The molecule has 0 saturated heterocycles. The summed E-state index contributed by atoms with van der Waals surface area (Å²) in [6, 6.07) is 5.63. The van der Waals surface area contributed by atoms with E-state index in [1.807, 2.05) is 36.6 Å². The van der Waals surface area contributed by atoms with E-state index in [0.29, 0.717) is 35.9 Å². The van der Waals surface area contributed by atoms with Gasteiger partial charge in [0.25, 0.3) is 5.91 Å².